The molecule has 2 heterocycles. The highest BCUT2D eigenvalue weighted by atomic mass is 16.5. The van der Waals surface area contributed by atoms with Crippen molar-refractivity contribution in [3.63, 3.8) is 0 Å². The molecule has 3 N–H and O–H groups in total. The van der Waals surface area contributed by atoms with Gasteiger partial charge in [-0.2, -0.15) is 4.98 Å². The van der Waals surface area contributed by atoms with Crippen molar-refractivity contribution in [2.24, 2.45) is 0 Å². The van der Waals surface area contributed by atoms with E-state index in [-0.39, 0.29) is 0 Å². The second kappa shape index (κ2) is 9.39. The molecule has 0 unspecified atom stereocenters. The molecule has 0 spiro atoms. The number of hydrogen-bond acceptors (Lipinski definition) is 6. The van der Waals surface area contributed by atoms with E-state index < -0.39 is 0 Å². The zero-order valence-corrected chi connectivity index (χ0v) is 12.7. The summed E-state index contributed by atoms with van der Waals surface area (Å²) in [7, 11) is 1.88. The van der Waals surface area contributed by atoms with E-state index in [4.69, 9.17) is 15.2 Å². The summed E-state index contributed by atoms with van der Waals surface area (Å²) in [5.74, 6) is 1.06. The highest BCUT2D eigenvalue weighted by Crippen LogP contribution is 2.23. The number of rotatable bonds is 5. The van der Waals surface area contributed by atoms with Crippen LogP contribution in [0.2, 0.25) is 0 Å². The van der Waals surface area contributed by atoms with E-state index >= 15 is 0 Å². The number of nitrogens with two attached hydrogens (primary N) is 1. The molecule has 1 aliphatic rings. The van der Waals surface area contributed by atoms with Crippen molar-refractivity contribution in [3.8, 4) is 5.88 Å². The molecule has 1 saturated heterocycles. The monoisotopic (exact) mass is 282 g/mol. The van der Waals surface area contributed by atoms with Crippen molar-refractivity contribution in [2.45, 2.75) is 13.8 Å². The lowest BCUT2D eigenvalue weighted by Crippen LogP contribution is -2.36. The minimum Gasteiger partial charge on any atom is -0.476 e. The Bertz CT molecular complexity index is 381. The molecule has 1 aromatic heterocycles. The summed E-state index contributed by atoms with van der Waals surface area (Å²) >= 11 is 0. The highest BCUT2D eigenvalue weighted by Gasteiger charge is 2.13. The molecule has 20 heavy (non-hydrogen) atoms. The number of pyridine rings is 1. The summed E-state index contributed by atoms with van der Waals surface area (Å²) in [5.41, 5.74) is 6.85. The SMILES string of the molecule is CC.CNCCOc1cc(N2CCOCC2)cc(N)n1. The maximum atomic E-state index is 5.81. The molecule has 6 heteroatoms. The van der Waals surface area contributed by atoms with Gasteiger partial charge in [0.1, 0.15) is 12.4 Å². The van der Waals surface area contributed by atoms with Crippen molar-refractivity contribution in [3.05, 3.63) is 12.1 Å². The Morgan fingerprint density at radius 1 is 1.35 bits per heavy atom. The lowest BCUT2D eigenvalue weighted by Gasteiger charge is -2.29. The number of aromatic nitrogens is 1. The Kier molecular flexibility index (Phi) is 7.75. The normalized spacial score (nSPS) is 14.4. The quantitative estimate of drug-likeness (QED) is 0.789. The molecule has 0 radical (unpaired) electrons. The average molecular weight is 282 g/mol. The van der Waals surface area contributed by atoms with Crippen LogP contribution in [-0.2, 0) is 4.74 Å². The summed E-state index contributed by atoms with van der Waals surface area (Å²) in [6, 6.07) is 3.80. The summed E-state index contributed by atoms with van der Waals surface area (Å²) in [6.45, 7) is 8.61. The molecule has 6 nitrogen and oxygen atoms in total. The fourth-order valence-corrected chi connectivity index (χ4v) is 1.85. The fourth-order valence-electron chi connectivity index (χ4n) is 1.85. The van der Waals surface area contributed by atoms with Crippen LogP contribution in [0.25, 0.3) is 0 Å². The second-order valence-corrected chi connectivity index (χ2v) is 4.14. The first kappa shape index (κ1) is 16.5. The van der Waals surface area contributed by atoms with Crippen LogP contribution in [0.4, 0.5) is 11.5 Å². The van der Waals surface area contributed by atoms with E-state index in [9.17, 15) is 0 Å². The largest absolute Gasteiger partial charge is 0.476 e. The maximum Gasteiger partial charge on any atom is 0.217 e. The highest BCUT2D eigenvalue weighted by molar-refractivity contribution is 5.55. The van der Waals surface area contributed by atoms with Gasteiger partial charge in [-0.3, -0.25) is 0 Å². The van der Waals surface area contributed by atoms with Crippen LogP contribution >= 0.6 is 0 Å². The number of nitrogens with zero attached hydrogens (tertiary/aromatic N) is 2. The minimum atomic E-state index is 0.485. The zero-order chi connectivity index (χ0) is 14.8. The van der Waals surface area contributed by atoms with Gasteiger partial charge in [-0.15, -0.1) is 0 Å². The predicted octanol–water partition coefficient (Wildman–Crippen LogP) is 1.12. The number of morpholine rings is 1. The average Bonchev–Trinajstić information content (AvgIpc) is 2.50. The van der Waals surface area contributed by atoms with Gasteiger partial charge in [0, 0.05) is 37.5 Å². The van der Waals surface area contributed by atoms with Crippen molar-refractivity contribution in [2.75, 3.05) is 57.1 Å². The number of likely N-dealkylation sites (N-methyl/N-ethyl adjacent to an activating group) is 1. The number of nitrogens with one attached hydrogen (secondary N) is 1. The molecule has 1 fully saturated rings. The summed E-state index contributed by atoms with van der Waals surface area (Å²) in [4.78, 5) is 6.40. The summed E-state index contributed by atoms with van der Waals surface area (Å²) < 4.78 is 10.9. The van der Waals surface area contributed by atoms with E-state index in [1.54, 1.807) is 0 Å². The van der Waals surface area contributed by atoms with E-state index in [1.165, 1.54) is 0 Å². The smallest absolute Gasteiger partial charge is 0.217 e. The van der Waals surface area contributed by atoms with E-state index in [0.717, 1.165) is 38.5 Å². The molecule has 1 aromatic rings. The Morgan fingerprint density at radius 2 is 2.05 bits per heavy atom. The molecule has 0 saturated carbocycles. The van der Waals surface area contributed by atoms with Crippen molar-refractivity contribution in [1.82, 2.24) is 10.3 Å². The molecule has 0 amide bonds. The molecule has 0 aromatic carbocycles. The van der Waals surface area contributed by atoms with Gasteiger partial charge in [-0.05, 0) is 7.05 Å². The van der Waals surface area contributed by atoms with Gasteiger partial charge in [0.25, 0.3) is 0 Å². The third kappa shape index (κ3) is 5.22. The van der Waals surface area contributed by atoms with Crippen LogP contribution in [0, 0.1) is 0 Å². The van der Waals surface area contributed by atoms with E-state index in [1.807, 2.05) is 33.0 Å². The first-order valence-corrected chi connectivity index (χ1v) is 7.17. The van der Waals surface area contributed by atoms with E-state index in [0.29, 0.717) is 18.3 Å². The first-order valence-electron chi connectivity index (χ1n) is 7.17. The minimum absolute atomic E-state index is 0.485. The predicted molar refractivity (Wildman–Crippen MR) is 82.5 cm³/mol. The molecule has 2 rings (SSSR count). The van der Waals surface area contributed by atoms with Crippen LogP contribution < -0.4 is 20.7 Å². The zero-order valence-electron chi connectivity index (χ0n) is 12.7. The summed E-state index contributed by atoms with van der Waals surface area (Å²) in [6.07, 6.45) is 0. The molecule has 114 valence electrons. The van der Waals surface area contributed by atoms with Gasteiger partial charge < -0.3 is 25.4 Å². The third-order valence-corrected chi connectivity index (χ3v) is 2.78. The van der Waals surface area contributed by atoms with Crippen molar-refractivity contribution in [1.29, 1.82) is 0 Å². The van der Waals surface area contributed by atoms with E-state index in [2.05, 4.69) is 15.2 Å². The van der Waals surface area contributed by atoms with Gasteiger partial charge in [-0.1, -0.05) is 13.8 Å². The first-order chi connectivity index (χ1) is 9.79. The Balaban J connectivity index is 0.000000956. The van der Waals surface area contributed by atoms with Gasteiger partial charge in [0.15, 0.2) is 0 Å². The Hall–Kier alpha value is -1.53. The standard InChI is InChI=1S/C12H20N4O2.C2H6/c1-14-2-5-18-12-9-10(8-11(13)15-12)16-3-6-17-7-4-16;1-2/h8-9,14H,2-7H2,1H3,(H2,13,15);1-2H3. The third-order valence-electron chi connectivity index (χ3n) is 2.78. The van der Waals surface area contributed by atoms with Crippen LogP contribution in [0.1, 0.15) is 13.8 Å². The maximum absolute atomic E-state index is 5.81. The second-order valence-electron chi connectivity index (χ2n) is 4.14. The number of ether oxygens (including phenoxy) is 2. The van der Waals surface area contributed by atoms with Gasteiger partial charge in [0.2, 0.25) is 5.88 Å². The molecule has 0 atom stereocenters. The Labute approximate surface area is 121 Å². The molecular weight excluding hydrogens is 256 g/mol. The van der Waals surface area contributed by atoms with Crippen molar-refractivity contribution < 1.29 is 9.47 Å². The molecule has 0 aliphatic carbocycles. The number of hydrogen-bond donors (Lipinski definition) is 2. The van der Waals surface area contributed by atoms with Crippen LogP contribution in [-0.4, -0.2) is 51.5 Å². The van der Waals surface area contributed by atoms with Gasteiger partial charge in [-0.25, -0.2) is 0 Å². The van der Waals surface area contributed by atoms with Gasteiger partial charge in [0.05, 0.1) is 13.2 Å². The van der Waals surface area contributed by atoms with Crippen LogP contribution in [0.5, 0.6) is 5.88 Å². The van der Waals surface area contributed by atoms with Gasteiger partial charge >= 0.3 is 0 Å². The number of nitrogen functional groups attached to an aromatic ring is 1. The molecule has 1 aliphatic heterocycles. The molecular formula is C14H26N4O2. The lowest BCUT2D eigenvalue weighted by molar-refractivity contribution is 0.122. The molecule has 0 bridgehead atoms. The lowest BCUT2D eigenvalue weighted by atomic mass is 10.3. The number of anilines is 2. The topological polar surface area (TPSA) is 72.6 Å². The summed E-state index contributed by atoms with van der Waals surface area (Å²) in [5, 5.41) is 3.02. The Morgan fingerprint density at radius 3 is 2.70 bits per heavy atom. The van der Waals surface area contributed by atoms with Crippen molar-refractivity contribution >= 4 is 11.5 Å². The fraction of sp³-hybridized carbons (Fsp3) is 0.643. The van der Waals surface area contributed by atoms with Crippen LogP contribution in [0.15, 0.2) is 12.1 Å². The van der Waals surface area contributed by atoms with Crippen LogP contribution in [0.3, 0.4) is 0 Å².